The number of nitro benzene ring substituents is 1. The van der Waals surface area contributed by atoms with Crippen molar-refractivity contribution in [2.75, 3.05) is 7.05 Å². The SMILES string of the molecule is CNCc1cccc(Cl)c1Oc1c(F)cccc1[N+](=O)[O-]. The topological polar surface area (TPSA) is 64.4 Å². The molecular weight excluding hydrogens is 299 g/mol. The molecule has 2 rings (SSSR count). The van der Waals surface area contributed by atoms with Gasteiger partial charge in [0, 0.05) is 18.2 Å². The summed E-state index contributed by atoms with van der Waals surface area (Å²) in [6, 6.07) is 8.55. The molecule has 0 saturated heterocycles. The van der Waals surface area contributed by atoms with Crippen molar-refractivity contribution in [1.82, 2.24) is 5.32 Å². The predicted molar refractivity (Wildman–Crippen MR) is 77.3 cm³/mol. The highest BCUT2D eigenvalue weighted by molar-refractivity contribution is 6.32. The van der Waals surface area contributed by atoms with E-state index in [-0.39, 0.29) is 10.8 Å². The first-order valence-corrected chi connectivity index (χ1v) is 6.45. The van der Waals surface area contributed by atoms with E-state index in [1.54, 1.807) is 25.2 Å². The summed E-state index contributed by atoms with van der Waals surface area (Å²) in [6.07, 6.45) is 0. The highest BCUT2D eigenvalue weighted by Crippen LogP contribution is 2.38. The molecule has 2 aromatic carbocycles. The van der Waals surface area contributed by atoms with E-state index < -0.39 is 22.2 Å². The van der Waals surface area contributed by atoms with E-state index in [9.17, 15) is 14.5 Å². The molecule has 21 heavy (non-hydrogen) atoms. The summed E-state index contributed by atoms with van der Waals surface area (Å²) in [5, 5.41) is 14.1. The fourth-order valence-electron chi connectivity index (χ4n) is 1.84. The second-order valence-electron chi connectivity index (χ2n) is 4.21. The lowest BCUT2D eigenvalue weighted by Crippen LogP contribution is -2.07. The normalized spacial score (nSPS) is 10.4. The molecule has 0 aliphatic rings. The smallest absolute Gasteiger partial charge is 0.314 e. The zero-order chi connectivity index (χ0) is 15.4. The average molecular weight is 311 g/mol. The molecule has 1 N–H and O–H groups in total. The number of para-hydroxylation sites is 2. The van der Waals surface area contributed by atoms with E-state index in [0.717, 1.165) is 6.07 Å². The van der Waals surface area contributed by atoms with Crippen LogP contribution in [-0.4, -0.2) is 12.0 Å². The Hall–Kier alpha value is -2.18. The molecule has 0 saturated carbocycles. The van der Waals surface area contributed by atoms with Gasteiger partial charge in [0.25, 0.3) is 0 Å². The van der Waals surface area contributed by atoms with Crippen LogP contribution in [0.3, 0.4) is 0 Å². The van der Waals surface area contributed by atoms with Gasteiger partial charge in [-0.05, 0) is 19.2 Å². The summed E-state index contributed by atoms with van der Waals surface area (Å²) in [5.74, 6) is -1.07. The minimum Gasteiger partial charge on any atom is -0.445 e. The Morgan fingerprint density at radius 2 is 2.00 bits per heavy atom. The highest BCUT2D eigenvalue weighted by atomic mass is 35.5. The quantitative estimate of drug-likeness (QED) is 0.672. The van der Waals surface area contributed by atoms with Crippen molar-refractivity contribution in [3.8, 4) is 11.5 Å². The fourth-order valence-corrected chi connectivity index (χ4v) is 2.07. The molecule has 7 heteroatoms. The lowest BCUT2D eigenvalue weighted by molar-refractivity contribution is -0.385. The van der Waals surface area contributed by atoms with Gasteiger partial charge in [0.05, 0.1) is 9.95 Å². The molecule has 0 fully saturated rings. The lowest BCUT2D eigenvalue weighted by atomic mass is 10.2. The molecule has 0 amide bonds. The third kappa shape index (κ3) is 3.29. The summed E-state index contributed by atoms with van der Waals surface area (Å²) >= 11 is 6.05. The average Bonchev–Trinajstić information content (AvgIpc) is 2.44. The monoisotopic (exact) mass is 310 g/mol. The van der Waals surface area contributed by atoms with Crippen molar-refractivity contribution < 1.29 is 14.1 Å². The maximum absolute atomic E-state index is 13.9. The summed E-state index contributed by atoms with van der Waals surface area (Å²) in [4.78, 5) is 10.3. The van der Waals surface area contributed by atoms with Gasteiger partial charge in [-0.2, -0.15) is 0 Å². The molecule has 0 aliphatic carbocycles. The lowest BCUT2D eigenvalue weighted by Gasteiger charge is -2.13. The third-order valence-corrected chi connectivity index (χ3v) is 3.06. The molecule has 0 atom stereocenters. The van der Waals surface area contributed by atoms with Gasteiger partial charge in [-0.15, -0.1) is 0 Å². The van der Waals surface area contributed by atoms with Crippen LogP contribution in [0.1, 0.15) is 5.56 Å². The molecular formula is C14H12ClFN2O3. The number of ether oxygens (including phenoxy) is 1. The first-order chi connectivity index (χ1) is 10.0. The van der Waals surface area contributed by atoms with Crippen molar-refractivity contribution in [2.24, 2.45) is 0 Å². The molecule has 0 aliphatic heterocycles. The molecule has 0 aromatic heterocycles. The van der Waals surface area contributed by atoms with Gasteiger partial charge in [-0.25, -0.2) is 4.39 Å². The zero-order valence-corrected chi connectivity index (χ0v) is 11.9. The van der Waals surface area contributed by atoms with Crippen LogP contribution in [0.15, 0.2) is 36.4 Å². The molecule has 0 radical (unpaired) electrons. The van der Waals surface area contributed by atoms with Gasteiger partial charge in [0.2, 0.25) is 5.75 Å². The number of nitrogens with zero attached hydrogens (tertiary/aromatic N) is 1. The van der Waals surface area contributed by atoms with Crippen LogP contribution < -0.4 is 10.1 Å². The van der Waals surface area contributed by atoms with Crippen LogP contribution in [0.4, 0.5) is 10.1 Å². The third-order valence-electron chi connectivity index (χ3n) is 2.76. The number of hydrogen-bond donors (Lipinski definition) is 1. The first kappa shape index (κ1) is 15.2. The maximum Gasteiger partial charge on any atom is 0.314 e. The van der Waals surface area contributed by atoms with Gasteiger partial charge in [-0.3, -0.25) is 10.1 Å². The second-order valence-corrected chi connectivity index (χ2v) is 4.61. The van der Waals surface area contributed by atoms with Crippen LogP contribution in [-0.2, 0) is 6.54 Å². The summed E-state index contributed by atoms with van der Waals surface area (Å²) in [6.45, 7) is 0.429. The van der Waals surface area contributed by atoms with Crippen molar-refractivity contribution in [3.63, 3.8) is 0 Å². The number of nitro groups is 1. The molecule has 0 bridgehead atoms. The van der Waals surface area contributed by atoms with Gasteiger partial charge in [0.15, 0.2) is 11.6 Å². The van der Waals surface area contributed by atoms with Crippen molar-refractivity contribution >= 4 is 17.3 Å². The minimum atomic E-state index is -0.820. The Bertz CT molecular complexity index is 679. The van der Waals surface area contributed by atoms with Crippen molar-refractivity contribution in [2.45, 2.75) is 6.54 Å². The van der Waals surface area contributed by atoms with E-state index in [2.05, 4.69) is 5.32 Å². The van der Waals surface area contributed by atoms with Crippen molar-refractivity contribution in [3.05, 3.63) is 62.9 Å². The summed E-state index contributed by atoms with van der Waals surface area (Å²) < 4.78 is 19.3. The van der Waals surface area contributed by atoms with Gasteiger partial charge < -0.3 is 10.1 Å². The predicted octanol–water partition coefficient (Wildman–Crippen LogP) is 3.90. The van der Waals surface area contributed by atoms with Gasteiger partial charge >= 0.3 is 5.69 Å². The van der Waals surface area contributed by atoms with Crippen LogP contribution in [0, 0.1) is 15.9 Å². The Morgan fingerprint density at radius 1 is 1.29 bits per heavy atom. The summed E-state index contributed by atoms with van der Waals surface area (Å²) in [5.41, 5.74) is 0.216. The Labute approximate surface area is 125 Å². The van der Waals surface area contributed by atoms with Gasteiger partial charge in [0.1, 0.15) is 0 Å². The highest BCUT2D eigenvalue weighted by Gasteiger charge is 2.22. The van der Waals surface area contributed by atoms with E-state index in [0.29, 0.717) is 12.1 Å². The molecule has 0 heterocycles. The van der Waals surface area contributed by atoms with E-state index in [1.165, 1.54) is 12.1 Å². The van der Waals surface area contributed by atoms with Crippen LogP contribution in [0.5, 0.6) is 11.5 Å². The molecule has 110 valence electrons. The summed E-state index contributed by atoms with van der Waals surface area (Å²) in [7, 11) is 1.73. The standard InChI is InChI=1S/C14H12ClFN2O3/c1-17-8-9-4-2-5-10(15)13(9)21-14-11(16)6-3-7-12(14)18(19)20/h2-7,17H,8H2,1H3. The second kappa shape index (κ2) is 6.51. The van der Waals surface area contributed by atoms with Crippen LogP contribution in [0.2, 0.25) is 5.02 Å². The Morgan fingerprint density at radius 3 is 2.67 bits per heavy atom. The first-order valence-electron chi connectivity index (χ1n) is 6.07. The molecule has 2 aromatic rings. The Balaban J connectivity index is 2.50. The van der Waals surface area contributed by atoms with Crippen molar-refractivity contribution in [1.29, 1.82) is 0 Å². The molecule has 0 spiro atoms. The number of benzene rings is 2. The van der Waals surface area contributed by atoms with E-state index in [4.69, 9.17) is 16.3 Å². The fraction of sp³-hybridized carbons (Fsp3) is 0.143. The maximum atomic E-state index is 13.9. The minimum absolute atomic E-state index is 0.196. The zero-order valence-electron chi connectivity index (χ0n) is 11.1. The van der Waals surface area contributed by atoms with E-state index >= 15 is 0 Å². The van der Waals surface area contributed by atoms with Crippen LogP contribution >= 0.6 is 11.6 Å². The Kier molecular flexibility index (Phi) is 4.72. The number of hydrogen-bond acceptors (Lipinski definition) is 4. The van der Waals surface area contributed by atoms with E-state index in [1.807, 2.05) is 0 Å². The number of halogens is 2. The number of nitrogens with one attached hydrogen (secondary N) is 1. The largest absolute Gasteiger partial charge is 0.445 e. The number of rotatable bonds is 5. The molecule has 0 unspecified atom stereocenters. The van der Waals surface area contributed by atoms with Gasteiger partial charge in [-0.1, -0.05) is 29.8 Å². The molecule has 5 nitrogen and oxygen atoms in total. The van der Waals surface area contributed by atoms with Crippen LogP contribution in [0.25, 0.3) is 0 Å².